The Morgan fingerprint density at radius 1 is 1.35 bits per heavy atom. The lowest BCUT2D eigenvalue weighted by Gasteiger charge is -2.04. The molecule has 0 aliphatic rings. The fraction of sp³-hybridized carbons (Fsp3) is 0.0769. The number of benzene rings is 1. The zero-order valence-electron chi connectivity index (χ0n) is 10.1. The number of nitro groups is 1. The summed E-state index contributed by atoms with van der Waals surface area (Å²) in [6.45, 7) is -0.114. The van der Waals surface area contributed by atoms with Crippen LogP contribution in [-0.4, -0.2) is 10.9 Å². The van der Waals surface area contributed by atoms with Gasteiger partial charge in [-0.05, 0) is 12.1 Å². The number of furan rings is 1. The highest BCUT2D eigenvalue weighted by Gasteiger charge is 2.18. The molecule has 0 N–H and O–H groups in total. The molecule has 0 fully saturated rings. The Morgan fingerprint density at radius 3 is 2.75 bits per heavy atom. The molecule has 0 radical (unpaired) electrons. The standard InChI is InChI=1S/C13H8N2O5/c14-7-9-3-1-2-4-10(9)8-19-13(16)11-5-6-12(20-11)15(17)18/h1-6H,8H2. The third kappa shape index (κ3) is 2.81. The first-order valence-electron chi connectivity index (χ1n) is 5.51. The van der Waals surface area contributed by atoms with E-state index in [1.165, 1.54) is 0 Å². The third-order valence-electron chi connectivity index (χ3n) is 2.47. The predicted molar refractivity (Wildman–Crippen MR) is 65.6 cm³/mol. The molecular weight excluding hydrogens is 264 g/mol. The van der Waals surface area contributed by atoms with Crippen molar-refractivity contribution in [3.8, 4) is 6.07 Å². The summed E-state index contributed by atoms with van der Waals surface area (Å²) in [5, 5.41) is 19.3. The topological polar surface area (TPSA) is 106 Å². The van der Waals surface area contributed by atoms with E-state index in [4.69, 9.17) is 14.4 Å². The lowest BCUT2D eigenvalue weighted by Crippen LogP contribution is -2.05. The summed E-state index contributed by atoms with van der Waals surface area (Å²) >= 11 is 0. The third-order valence-corrected chi connectivity index (χ3v) is 2.47. The van der Waals surface area contributed by atoms with Crippen molar-refractivity contribution in [2.24, 2.45) is 0 Å². The average molecular weight is 272 g/mol. The van der Waals surface area contributed by atoms with Crippen LogP contribution in [0.1, 0.15) is 21.7 Å². The summed E-state index contributed by atoms with van der Waals surface area (Å²) in [5.74, 6) is -1.62. The molecule has 2 rings (SSSR count). The van der Waals surface area contributed by atoms with Crippen LogP contribution in [0.2, 0.25) is 0 Å². The maximum atomic E-state index is 11.6. The molecular formula is C13H8N2O5. The minimum absolute atomic E-state index is 0.114. The van der Waals surface area contributed by atoms with Crippen LogP contribution < -0.4 is 0 Å². The van der Waals surface area contributed by atoms with E-state index >= 15 is 0 Å². The number of ether oxygens (including phenoxy) is 1. The van der Waals surface area contributed by atoms with E-state index < -0.39 is 16.8 Å². The van der Waals surface area contributed by atoms with Gasteiger partial charge in [0.25, 0.3) is 0 Å². The van der Waals surface area contributed by atoms with E-state index in [1.807, 2.05) is 6.07 Å². The first-order valence-corrected chi connectivity index (χ1v) is 5.51. The summed E-state index contributed by atoms with van der Waals surface area (Å²) in [7, 11) is 0. The van der Waals surface area contributed by atoms with Crippen LogP contribution in [-0.2, 0) is 11.3 Å². The van der Waals surface area contributed by atoms with Gasteiger partial charge in [-0.1, -0.05) is 18.2 Å². The van der Waals surface area contributed by atoms with Gasteiger partial charge in [-0.3, -0.25) is 10.1 Å². The smallest absolute Gasteiger partial charge is 0.433 e. The number of hydrogen-bond acceptors (Lipinski definition) is 6. The van der Waals surface area contributed by atoms with Crippen molar-refractivity contribution in [3.05, 3.63) is 63.4 Å². The average Bonchev–Trinajstić information content (AvgIpc) is 2.95. The molecule has 100 valence electrons. The van der Waals surface area contributed by atoms with E-state index in [2.05, 4.69) is 0 Å². The second kappa shape index (κ2) is 5.67. The minimum atomic E-state index is -0.828. The quantitative estimate of drug-likeness (QED) is 0.480. The number of rotatable bonds is 4. The van der Waals surface area contributed by atoms with Gasteiger partial charge in [-0.2, -0.15) is 5.26 Å². The second-order valence-corrected chi connectivity index (χ2v) is 3.74. The van der Waals surface area contributed by atoms with Gasteiger partial charge in [0.1, 0.15) is 11.5 Å². The van der Waals surface area contributed by atoms with Crippen LogP contribution >= 0.6 is 0 Å². The van der Waals surface area contributed by atoms with Gasteiger partial charge in [-0.15, -0.1) is 0 Å². The SMILES string of the molecule is N#Cc1ccccc1COC(=O)c1ccc([N+](=O)[O-])o1. The molecule has 1 heterocycles. The number of hydrogen-bond donors (Lipinski definition) is 0. The lowest BCUT2D eigenvalue weighted by atomic mass is 10.1. The van der Waals surface area contributed by atoms with E-state index in [0.29, 0.717) is 11.1 Å². The molecule has 0 aliphatic heterocycles. The van der Waals surface area contributed by atoms with Crippen LogP contribution in [0.4, 0.5) is 5.88 Å². The zero-order chi connectivity index (χ0) is 14.5. The molecule has 1 aromatic carbocycles. The van der Waals surface area contributed by atoms with Crippen LogP contribution in [0.3, 0.4) is 0 Å². The molecule has 0 spiro atoms. The fourth-order valence-corrected chi connectivity index (χ4v) is 1.51. The Bertz CT molecular complexity index is 699. The van der Waals surface area contributed by atoms with Gasteiger partial charge in [0.05, 0.1) is 17.7 Å². The van der Waals surface area contributed by atoms with Crippen molar-refractivity contribution >= 4 is 11.9 Å². The van der Waals surface area contributed by atoms with Crippen molar-refractivity contribution in [1.82, 2.24) is 0 Å². The summed E-state index contributed by atoms with van der Waals surface area (Å²) in [4.78, 5) is 21.3. The first kappa shape index (κ1) is 13.3. The number of esters is 1. The van der Waals surface area contributed by atoms with E-state index in [1.54, 1.807) is 24.3 Å². The van der Waals surface area contributed by atoms with Crippen molar-refractivity contribution in [1.29, 1.82) is 5.26 Å². The molecule has 2 aromatic rings. The monoisotopic (exact) mass is 272 g/mol. The molecule has 0 amide bonds. The summed E-state index contributed by atoms with van der Waals surface area (Å²) in [5.41, 5.74) is 0.940. The summed E-state index contributed by atoms with van der Waals surface area (Å²) in [6.07, 6.45) is 0. The van der Waals surface area contributed by atoms with E-state index in [0.717, 1.165) is 12.1 Å². The zero-order valence-corrected chi connectivity index (χ0v) is 10.1. The second-order valence-electron chi connectivity index (χ2n) is 3.74. The van der Waals surface area contributed by atoms with Crippen molar-refractivity contribution in [2.75, 3.05) is 0 Å². The minimum Gasteiger partial charge on any atom is -0.455 e. The Hall–Kier alpha value is -3.14. The van der Waals surface area contributed by atoms with Crippen molar-refractivity contribution in [3.63, 3.8) is 0 Å². The molecule has 7 nitrogen and oxygen atoms in total. The van der Waals surface area contributed by atoms with E-state index in [9.17, 15) is 14.9 Å². The summed E-state index contributed by atoms with van der Waals surface area (Å²) < 4.78 is 9.66. The number of nitriles is 1. The molecule has 20 heavy (non-hydrogen) atoms. The molecule has 0 atom stereocenters. The Balaban J connectivity index is 2.05. The van der Waals surface area contributed by atoms with Gasteiger partial charge in [0.2, 0.25) is 5.76 Å². The van der Waals surface area contributed by atoms with Gasteiger partial charge in [-0.25, -0.2) is 4.79 Å². The number of carbonyl (C=O) groups excluding carboxylic acids is 1. The van der Waals surface area contributed by atoms with Crippen LogP contribution in [0.15, 0.2) is 40.8 Å². The number of carbonyl (C=O) groups is 1. The molecule has 7 heteroatoms. The van der Waals surface area contributed by atoms with Gasteiger partial charge in [0.15, 0.2) is 0 Å². The fourth-order valence-electron chi connectivity index (χ4n) is 1.51. The Morgan fingerprint density at radius 2 is 2.10 bits per heavy atom. The summed E-state index contributed by atoms with van der Waals surface area (Å²) in [6, 6.07) is 10.9. The maximum absolute atomic E-state index is 11.6. The maximum Gasteiger partial charge on any atom is 0.433 e. The first-order chi connectivity index (χ1) is 9.61. The predicted octanol–water partition coefficient (Wildman–Crippen LogP) is 2.42. The largest absolute Gasteiger partial charge is 0.455 e. The van der Waals surface area contributed by atoms with Crippen LogP contribution in [0.25, 0.3) is 0 Å². The molecule has 0 saturated heterocycles. The molecule has 0 bridgehead atoms. The molecule has 1 aromatic heterocycles. The van der Waals surface area contributed by atoms with Crippen LogP contribution in [0, 0.1) is 21.4 Å². The Labute approximate surface area is 113 Å². The van der Waals surface area contributed by atoms with Crippen molar-refractivity contribution in [2.45, 2.75) is 6.61 Å². The lowest BCUT2D eigenvalue weighted by molar-refractivity contribution is -0.402. The van der Waals surface area contributed by atoms with Crippen LogP contribution in [0.5, 0.6) is 0 Å². The van der Waals surface area contributed by atoms with Gasteiger partial charge >= 0.3 is 11.9 Å². The number of nitrogens with zero attached hydrogens (tertiary/aromatic N) is 2. The normalized spacial score (nSPS) is 9.75. The molecule has 0 aliphatic carbocycles. The van der Waals surface area contributed by atoms with Gasteiger partial charge in [0, 0.05) is 5.56 Å². The molecule has 0 unspecified atom stereocenters. The highest BCUT2D eigenvalue weighted by molar-refractivity contribution is 5.86. The van der Waals surface area contributed by atoms with Gasteiger partial charge < -0.3 is 9.15 Å². The van der Waals surface area contributed by atoms with E-state index in [-0.39, 0.29) is 12.4 Å². The highest BCUT2D eigenvalue weighted by atomic mass is 16.7. The Kier molecular flexibility index (Phi) is 3.77. The van der Waals surface area contributed by atoms with Crippen molar-refractivity contribution < 1.29 is 18.9 Å². The molecule has 0 saturated carbocycles. The highest BCUT2D eigenvalue weighted by Crippen LogP contribution is 2.17.